The molecule has 1 aliphatic carbocycles. The van der Waals surface area contributed by atoms with Crippen molar-refractivity contribution in [2.75, 3.05) is 18.0 Å². The molecule has 3 rings (SSSR count). The van der Waals surface area contributed by atoms with Gasteiger partial charge in [-0.2, -0.15) is 5.10 Å². The Morgan fingerprint density at radius 3 is 2.77 bits per heavy atom. The average molecular weight is 379 g/mol. The maximum absolute atomic E-state index is 11.6. The smallest absolute Gasteiger partial charge is 0.285 e. The number of aromatic nitrogens is 2. The largest absolute Gasteiger partial charge is 0.513 e. The third-order valence-electron chi connectivity index (χ3n) is 5.55. The van der Waals surface area contributed by atoms with Crippen molar-refractivity contribution in [1.82, 2.24) is 15.5 Å². The predicted molar refractivity (Wildman–Crippen MR) is 105 cm³/mol. The Morgan fingerprint density at radius 1 is 1.35 bits per heavy atom. The van der Waals surface area contributed by atoms with Crippen molar-refractivity contribution < 1.29 is 5.11 Å². The van der Waals surface area contributed by atoms with Crippen LogP contribution in [0.4, 0.5) is 5.69 Å². The molecule has 2 heterocycles. The second-order valence-electron chi connectivity index (χ2n) is 7.49. The van der Waals surface area contributed by atoms with Gasteiger partial charge >= 0.3 is 0 Å². The van der Waals surface area contributed by atoms with Gasteiger partial charge in [0.25, 0.3) is 5.56 Å². The summed E-state index contributed by atoms with van der Waals surface area (Å²) in [6, 6.07) is 0.432. The molecule has 0 amide bonds. The monoisotopic (exact) mass is 378 g/mol. The fourth-order valence-electron chi connectivity index (χ4n) is 4.08. The summed E-state index contributed by atoms with van der Waals surface area (Å²) in [6.07, 6.45) is 7.60. The first-order chi connectivity index (χ1) is 12.4. The van der Waals surface area contributed by atoms with Gasteiger partial charge in [0.05, 0.1) is 17.6 Å². The number of nitrogens with zero attached hydrogens (tertiary/aromatic N) is 2. The first-order valence-corrected chi connectivity index (χ1v) is 9.62. The van der Waals surface area contributed by atoms with E-state index in [1.54, 1.807) is 6.20 Å². The van der Waals surface area contributed by atoms with Crippen LogP contribution in [0.3, 0.4) is 0 Å². The van der Waals surface area contributed by atoms with E-state index in [1.165, 1.54) is 0 Å². The van der Waals surface area contributed by atoms with Crippen LogP contribution in [0.2, 0.25) is 5.02 Å². The van der Waals surface area contributed by atoms with Gasteiger partial charge in [0.15, 0.2) is 0 Å². The molecule has 1 saturated carbocycles. The third-order valence-corrected chi connectivity index (χ3v) is 5.91. The standard InChI is InChI=1S/C19H27ClN4O2/c1-12(22-16-5-3-15(4-6-16)13(2)25)9-14-7-8-24(11-14)17-10-21-23-19(26)18(17)20/h10,14-16,22,25H,1-9,11H2,(H,23,26). The molecule has 7 heteroatoms. The van der Waals surface area contributed by atoms with Crippen LogP contribution in [0.15, 0.2) is 35.6 Å². The molecule has 0 radical (unpaired) electrons. The van der Waals surface area contributed by atoms with Gasteiger partial charge in [-0.05, 0) is 44.4 Å². The molecule has 1 aromatic rings. The van der Waals surface area contributed by atoms with Gasteiger partial charge in [0, 0.05) is 30.7 Å². The van der Waals surface area contributed by atoms with Crippen LogP contribution in [0.1, 0.15) is 38.5 Å². The van der Waals surface area contributed by atoms with Crippen molar-refractivity contribution in [1.29, 1.82) is 0 Å². The topological polar surface area (TPSA) is 81.2 Å². The number of allylic oxidation sites excluding steroid dienone is 2. The normalized spacial score (nSPS) is 25.9. The summed E-state index contributed by atoms with van der Waals surface area (Å²) in [5.74, 6) is 1.05. The van der Waals surface area contributed by atoms with E-state index in [4.69, 9.17) is 11.6 Å². The summed E-state index contributed by atoms with van der Waals surface area (Å²) in [4.78, 5) is 13.7. The zero-order chi connectivity index (χ0) is 18.7. The molecule has 0 bridgehead atoms. The Balaban J connectivity index is 1.47. The minimum absolute atomic E-state index is 0.208. The zero-order valence-corrected chi connectivity index (χ0v) is 15.8. The van der Waals surface area contributed by atoms with Crippen LogP contribution in [0, 0.1) is 11.8 Å². The van der Waals surface area contributed by atoms with Crippen LogP contribution >= 0.6 is 11.6 Å². The minimum Gasteiger partial charge on any atom is -0.513 e. The van der Waals surface area contributed by atoms with Gasteiger partial charge in [-0.15, -0.1) is 0 Å². The SMILES string of the molecule is C=C(CC1CCN(c2cn[nH]c(=O)c2Cl)C1)NC1CCC(C(=C)O)CC1. The van der Waals surface area contributed by atoms with E-state index < -0.39 is 0 Å². The van der Waals surface area contributed by atoms with E-state index in [0.717, 1.165) is 57.3 Å². The Hall–Kier alpha value is -1.95. The number of hydrogen-bond donors (Lipinski definition) is 3. The lowest BCUT2D eigenvalue weighted by molar-refractivity contribution is 0.253. The summed E-state index contributed by atoms with van der Waals surface area (Å²) in [7, 11) is 0. The van der Waals surface area contributed by atoms with E-state index in [1.807, 2.05) is 0 Å². The molecule has 6 nitrogen and oxygen atoms in total. The number of hydrogen-bond acceptors (Lipinski definition) is 5. The fourth-order valence-corrected chi connectivity index (χ4v) is 4.29. The molecule has 0 aromatic carbocycles. The maximum atomic E-state index is 11.6. The molecule has 2 fully saturated rings. The number of halogens is 1. The molecular formula is C19H27ClN4O2. The fraction of sp³-hybridized carbons (Fsp3) is 0.579. The summed E-state index contributed by atoms with van der Waals surface area (Å²) < 4.78 is 0. The number of aromatic amines is 1. The van der Waals surface area contributed by atoms with Crippen molar-refractivity contribution in [2.24, 2.45) is 11.8 Å². The summed E-state index contributed by atoms with van der Waals surface area (Å²) in [5.41, 5.74) is 1.43. The van der Waals surface area contributed by atoms with Crippen LogP contribution in [-0.4, -0.2) is 34.4 Å². The predicted octanol–water partition coefficient (Wildman–Crippen LogP) is 3.37. The molecule has 26 heavy (non-hydrogen) atoms. The van der Waals surface area contributed by atoms with Crippen LogP contribution < -0.4 is 15.8 Å². The van der Waals surface area contributed by atoms with E-state index in [2.05, 4.69) is 33.6 Å². The third kappa shape index (κ3) is 4.41. The van der Waals surface area contributed by atoms with Crippen LogP contribution in [-0.2, 0) is 0 Å². The molecule has 1 aliphatic heterocycles. The highest BCUT2D eigenvalue weighted by Gasteiger charge is 2.27. The molecule has 1 saturated heterocycles. The average Bonchev–Trinajstić information content (AvgIpc) is 3.05. The molecule has 1 atom stereocenters. The van der Waals surface area contributed by atoms with Crippen molar-refractivity contribution in [3.63, 3.8) is 0 Å². The number of aliphatic hydroxyl groups is 1. The Morgan fingerprint density at radius 2 is 2.08 bits per heavy atom. The van der Waals surface area contributed by atoms with Gasteiger partial charge in [-0.3, -0.25) is 4.79 Å². The minimum atomic E-state index is -0.347. The molecule has 1 unspecified atom stereocenters. The van der Waals surface area contributed by atoms with Gasteiger partial charge in [-0.25, -0.2) is 5.10 Å². The lowest BCUT2D eigenvalue weighted by atomic mass is 9.85. The van der Waals surface area contributed by atoms with Gasteiger partial charge < -0.3 is 15.3 Å². The molecule has 0 spiro atoms. The van der Waals surface area contributed by atoms with Crippen LogP contribution in [0.5, 0.6) is 0 Å². The van der Waals surface area contributed by atoms with Crippen molar-refractivity contribution in [3.8, 4) is 0 Å². The molecule has 3 N–H and O–H groups in total. The summed E-state index contributed by atoms with van der Waals surface area (Å²) in [6.45, 7) is 9.58. The van der Waals surface area contributed by atoms with Gasteiger partial charge in [0.2, 0.25) is 0 Å². The first kappa shape index (κ1) is 18.8. The summed E-state index contributed by atoms with van der Waals surface area (Å²) in [5, 5.41) is 19.5. The molecular weight excluding hydrogens is 352 g/mol. The molecule has 1 aromatic heterocycles. The van der Waals surface area contributed by atoms with Crippen molar-refractivity contribution >= 4 is 17.3 Å². The second-order valence-corrected chi connectivity index (χ2v) is 7.87. The van der Waals surface area contributed by atoms with Gasteiger partial charge in [-0.1, -0.05) is 24.8 Å². The Labute approximate surface area is 158 Å². The lowest BCUT2D eigenvalue weighted by Gasteiger charge is -2.30. The maximum Gasteiger partial charge on any atom is 0.285 e. The van der Waals surface area contributed by atoms with E-state index in [9.17, 15) is 9.90 Å². The number of nitrogens with one attached hydrogen (secondary N) is 2. The number of rotatable bonds is 6. The Bertz CT molecular complexity index is 724. The van der Waals surface area contributed by atoms with Crippen LogP contribution in [0.25, 0.3) is 0 Å². The second kappa shape index (κ2) is 8.16. The number of H-pyrrole nitrogens is 1. The highest BCUT2D eigenvalue weighted by molar-refractivity contribution is 6.33. The lowest BCUT2D eigenvalue weighted by Crippen LogP contribution is -2.33. The highest BCUT2D eigenvalue weighted by Crippen LogP contribution is 2.31. The van der Waals surface area contributed by atoms with Crippen molar-refractivity contribution in [3.05, 3.63) is 46.2 Å². The number of aliphatic hydroxyl groups excluding tert-OH is 1. The van der Waals surface area contributed by atoms with E-state index in [0.29, 0.717) is 23.4 Å². The first-order valence-electron chi connectivity index (χ1n) is 9.24. The highest BCUT2D eigenvalue weighted by atomic mass is 35.5. The van der Waals surface area contributed by atoms with Crippen molar-refractivity contribution in [2.45, 2.75) is 44.6 Å². The Kier molecular flexibility index (Phi) is 5.91. The zero-order valence-electron chi connectivity index (χ0n) is 15.0. The molecule has 2 aliphatic rings. The molecule has 142 valence electrons. The van der Waals surface area contributed by atoms with E-state index >= 15 is 0 Å². The summed E-state index contributed by atoms with van der Waals surface area (Å²) >= 11 is 6.11. The quantitative estimate of drug-likeness (QED) is 0.661. The van der Waals surface area contributed by atoms with Gasteiger partial charge in [0.1, 0.15) is 5.02 Å². The number of anilines is 1. The van der Waals surface area contributed by atoms with E-state index in [-0.39, 0.29) is 16.5 Å².